The number of hydrogen-bond donors (Lipinski definition) is 2. The number of aliphatic imine (C=N–C) groups is 1. The first-order chi connectivity index (χ1) is 13.2. The van der Waals surface area contributed by atoms with Gasteiger partial charge in [-0.05, 0) is 30.7 Å². The van der Waals surface area contributed by atoms with Crippen molar-refractivity contribution in [3.63, 3.8) is 0 Å². The second-order valence-electron chi connectivity index (χ2n) is 6.42. The Morgan fingerprint density at radius 1 is 1.19 bits per heavy atom. The predicted octanol–water partition coefficient (Wildman–Crippen LogP) is 3.51. The second-order valence-corrected chi connectivity index (χ2v) is 6.42. The quantitative estimate of drug-likeness (QED) is 0.653. The van der Waals surface area contributed by atoms with E-state index in [1.165, 1.54) is 0 Å². The summed E-state index contributed by atoms with van der Waals surface area (Å²) in [5.41, 5.74) is 8.84. The fourth-order valence-corrected chi connectivity index (χ4v) is 3.23. The van der Waals surface area contributed by atoms with E-state index in [-0.39, 0.29) is 6.17 Å². The molecule has 0 saturated carbocycles. The maximum atomic E-state index is 6.01. The molecule has 2 heterocycles. The maximum absolute atomic E-state index is 6.01. The van der Waals surface area contributed by atoms with E-state index >= 15 is 0 Å². The van der Waals surface area contributed by atoms with Gasteiger partial charge in [0.25, 0.3) is 0 Å². The van der Waals surface area contributed by atoms with E-state index in [1.54, 1.807) is 7.11 Å². The van der Waals surface area contributed by atoms with Gasteiger partial charge in [-0.15, -0.1) is 0 Å². The highest BCUT2D eigenvalue weighted by Gasteiger charge is 2.25. The Bertz CT molecular complexity index is 995. The highest BCUT2D eigenvalue weighted by Crippen LogP contribution is 2.36. The molecule has 140 valence electrons. The number of benzene rings is 2. The molecule has 0 bridgehead atoms. The van der Waals surface area contributed by atoms with Gasteiger partial charge in [0.1, 0.15) is 0 Å². The van der Waals surface area contributed by atoms with Crippen molar-refractivity contribution in [3.05, 3.63) is 48.0 Å². The molecule has 0 aliphatic carbocycles. The van der Waals surface area contributed by atoms with Crippen molar-refractivity contribution < 1.29 is 9.47 Å². The Morgan fingerprint density at radius 3 is 2.85 bits per heavy atom. The van der Waals surface area contributed by atoms with Gasteiger partial charge in [0.05, 0.1) is 24.8 Å². The number of nitrogens with one attached hydrogen (secondary N) is 1. The molecule has 1 atom stereocenters. The summed E-state index contributed by atoms with van der Waals surface area (Å²) in [5.74, 6) is 2.43. The van der Waals surface area contributed by atoms with Gasteiger partial charge in [0.2, 0.25) is 5.95 Å². The van der Waals surface area contributed by atoms with Crippen LogP contribution in [0.4, 0.5) is 5.95 Å². The molecular formula is C20H23N5O2. The lowest BCUT2D eigenvalue weighted by molar-refractivity contribution is 0.288. The van der Waals surface area contributed by atoms with Gasteiger partial charge in [-0.2, -0.15) is 0 Å². The number of ether oxygens (including phenoxy) is 2. The minimum atomic E-state index is -0.327. The minimum absolute atomic E-state index is 0.327. The Balaban J connectivity index is 1.75. The van der Waals surface area contributed by atoms with Crippen molar-refractivity contribution in [1.82, 2.24) is 9.55 Å². The van der Waals surface area contributed by atoms with E-state index in [0.717, 1.165) is 35.2 Å². The lowest BCUT2D eigenvalue weighted by Crippen LogP contribution is -2.31. The Labute approximate surface area is 157 Å². The summed E-state index contributed by atoms with van der Waals surface area (Å²) in [7, 11) is 1.64. The number of nitrogens with two attached hydrogens (primary N) is 1. The fourth-order valence-electron chi connectivity index (χ4n) is 3.23. The first-order valence-electron chi connectivity index (χ1n) is 9.09. The van der Waals surface area contributed by atoms with Gasteiger partial charge in [-0.25, -0.2) is 9.98 Å². The number of imidazole rings is 1. The predicted molar refractivity (Wildman–Crippen MR) is 107 cm³/mol. The van der Waals surface area contributed by atoms with Crippen molar-refractivity contribution in [2.24, 2.45) is 10.7 Å². The third kappa shape index (κ3) is 3.16. The van der Waals surface area contributed by atoms with Gasteiger partial charge in [0.15, 0.2) is 23.6 Å². The first kappa shape index (κ1) is 17.2. The monoisotopic (exact) mass is 365 g/mol. The molecule has 0 unspecified atom stereocenters. The topological polar surface area (TPSA) is 86.7 Å². The number of nitrogens with zero attached hydrogens (tertiary/aromatic N) is 3. The summed E-state index contributed by atoms with van der Waals surface area (Å²) in [6.07, 6.45) is 1.76. The molecule has 4 rings (SSSR count). The highest BCUT2D eigenvalue weighted by molar-refractivity contribution is 5.94. The van der Waals surface area contributed by atoms with Crippen LogP contribution in [-0.2, 0) is 0 Å². The summed E-state index contributed by atoms with van der Waals surface area (Å²) in [4.78, 5) is 9.23. The highest BCUT2D eigenvalue weighted by atomic mass is 16.5. The van der Waals surface area contributed by atoms with Crippen LogP contribution in [0.15, 0.2) is 47.5 Å². The molecule has 27 heavy (non-hydrogen) atoms. The molecule has 1 aliphatic heterocycles. The average Bonchev–Trinajstić information content (AvgIpc) is 3.05. The lowest BCUT2D eigenvalue weighted by Gasteiger charge is -2.24. The van der Waals surface area contributed by atoms with Crippen molar-refractivity contribution >= 4 is 22.9 Å². The molecule has 0 radical (unpaired) electrons. The molecule has 2 aromatic carbocycles. The molecule has 1 aromatic heterocycles. The van der Waals surface area contributed by atoms with Crippen LogP contribution in [0, 0.1) is 0 Å². The number of anilines is 1. The van der Waals surface area contributed by atoms with E-state index in [2.05, 4.69) is 22.2 Å². The zero-order valence-corrected chi connectivity index (χ0v) is 15.5. The van der Waals surface area contributed by atoms with E-state index in [9.17, 15) is 0 Å². The molecular weight excluding hydrogens is 342 g/mol. The van der Waals surface area contributed by atoms with Crippen molar-refractivity contribution in [3.8, 4) is 11.5 Å². The van der Waals surface area contributed by atoms with Crippen LogP contribution in [0.25, 0.3) is 11.0 Å². The van der Waals surface area contributed by atoms with Crippen LogP contribution < -0.4 is 20.5 Å². The summed E-state index contributed by atoms with van der Waals surface area (Å²) in [5, 5.41) is 3.05. The summed E-state index contributed by atoms with van der Waals surface area (Å²) >= 11 is 0. The van der Waals surface area contributed by atoms with Crippen LogP contribution in [0.3, 0.4) is 0 Å². The van der Waals surface area contributed by atoms with Crippen LogP contribution in [-0.4, -0.2) is 29.2 Å². The van der Waals surface area contributed by atoms with Crippen molar-refractivity contribution in [2.45, 2.75) is 25.9 Å². The third-order valence-corrected chi connectivity index (χ3v) is 4.58. The number of rotatable bonds is 6. The lowest BCUT2D eigenvalue weighted by atomic mass is 10.1. The number of aromatic nitrogens is 2. The van der Waals surface area contributed by atoms with Crippen molar-refractivity contribution in [2.75, 3.05) is 19.0 Å². The van der Waals surface area contributed by atoms with Gasteiger partial charge in [-0.1, -0.05) is 31.5 Å². The van der Waals surface area contributed by atoms with Gasteiger partial charge in [-0.3, -0.25) is 9.88 Å². The number of guanidine groups is 1. The zero-order valence-electron chi connectivity index (χ0n) is 15.5. The van der Waals surface area contributed by atoms with E-state index < -0.39 is 0 Å². The number of para-hydroxylation sites is 2. The third-order valence-electron chi connectivity index (χ3n) is 4.58. The number of fused-ring (bicyclic) bond motifs is 3. The van der Waals surface area contributed by atoms with Crippen LogP contribution >= 0.6 is 0 Å². The molecule has 7 nitrogen and oxygen atoms in total. The maximum Gasteiger partial charge on any atom is 0.212 e. The molecule has 3 aromatic rings. The SMILES string of the molecule is CCCCOc1ccc([C@@H]2N=C(N)Nc3nc4ccccc4n32)cc1OC. The molecule has 0 amide bonds. The van der Waals surface area contributed by atoms with Crippen LogP contribution in [0.5, 0.6) is 11.5 Å². The molecule has 0 fully saturated rings. The molecule has 7 heteroatoms. The molecule has 3 N–H and O–H groups in total. The van der Waals surface area contributed by atoms with E-state index in [4.69, 9.17) is 15.2 Å². The first-order valence-corrected chi connectivity index (χ1v) is 9.09. The Morgan fingerprint density at radius 2 is 2.04 bits per heavy atom. The average molecular weight is 365 g/mol. The summed E-state index contributed by atoms with van der Waals surface area (Å²) in [6.45, 7) is 2.80. The summed E-state index contributed by atoms with van der Waals surface area (Å²) < 4.78 is 13.4. The fraction of sp³-hybridized carbons (Fsp3) is 0.300. The van der Waals surface area contributed by atoms with Crippen LogP contribution in [0.1, 0.15) is 31.5 Å². The zero-order chi connectivity index (χ0) is 18.8. The number of unbranched alkanes of at least 4 members (excludes halogenated alkanes) is 1. The summed E-state index contributed by atoms with van der Waals surface area (Å²) in [6, 6.07) is 13.8. The van der Waals surface area contributed by atoms with Crippen molar-refractivity contribution in [1.29, 1.82) is 0 Å². The van der Waals surface area contributed by atoms with E-state index in [1.807, 2.05) is 47.0 Å². The normalized spacial score (nSPS) is 15.8. The van der Waals surface area contributed by atoms with E-state index in [0.29, 0.717) is 24.3 Å². The Kier molecular flexibility index (Phi) is 4.58. The molecule has 0 spiro atoms. The number of methoxy groups -OCH3 is 1. The number of hydrogen-bond acceptors (Lipinski definition) is 6. The standard InChI is InChI=1S/C20H23N5O2/c1-3-4-11-27-16-10-9-13(12-17(16)26-2)18-23-19(21)24-20-22-14-7-5-6-8-15(14)25(18)20/h5-10,12,18H,3-4,11H2,1-2H3,(H3,21,22,23,24)/t18-/m1/s1. The molecule has 0 saturated heterocycles. The Hall–Kier alpha value is -3.22. The smallest absolute Gasteiger partial charge is 0.212 e. The van der Waals surface area contributed by atoms with Gasteiger partial charge < -0.3 is 15.2 Å². The molecule has 1 aliphatic rings. The largest absolute Gasteiger partial charge is 0.493 e. The van der Waals surface area contributed by atoms with Gasteiger partial charge in [0, 0.05) is 5.56 Å². The van der Waals surface area contributed by atoms with Crippen LogP contribution in [0.2, 0.25) is 0 Å². The second kappa shape index (κ2) is 7.19. The minimum Gasteiger partial charge on any atom is -0.493 e. The van der Waals surface area contributed by atoms with Gasteiger partial charge >= 0.3 is 0 Å².